The zero-order valence-corrected chi connectivity index (χ0v) is 12.3. The van der Waals surface area contributed by atoms with Gasteiger partial charge in [0.1, 0.15) is 5.82 Å². The van der Waals surface area contributed by atoms with Crippen LogP contribution in [0.25, 0.3) is 0 Å². The molecule has 0 aromatic heterocycles. The van der Waals surface area contributed by atoms with Crippen molar-refractivity contribution in [3.8, 4) is 0 Å². The molecule has 0 bridgehead atoms. The molecule has 6 heteroatoms. The Bertz CT molecular complexity index is 644. The predicted molar refractivity (Wildman–Crippen MR) is 84.5 cm³/mol. The number of anilines is 1. The van der Waals surface area contributed by atoms with E-state index in [0.29, 0.717) is 17.7 Å². The fourth-order valence-corrected chi connectivity index (χ4v) is 2.22. The highest BCUT2D eigenvalue weighted by atomic mass is 32.2. The number of rotatable bonds is 5. The van der Waals surface area contributed by atoms with Crippen LogP contribution in [-0.4, -0.2) is 17.3 Å². The summed E-state index contributed by atoms with van der Waals surface area (Å²) in [6, 6.07) is 12.4. The van der Waals surface area contributed by atoms with Gasteiger partial charge in [0.2, 0.25) is 0 Å². The van der Waals surface area contributed by atoms with Crippen LogP contribution >= 0.6 is 11.8 Å². The zero-order chi connectivity index (χ0) is 15.2. The van der Waals surface area contributed by atoms with Crippen molar-refractivity contribution in [3.05, 3.63) is 59.4 Å². The van der Waals surface area contributed by atoms with Crippen LogP contribution in [0, 0.1) is 5.82 Å². The number of benzene rings is 2. The van der Waals surface area contributed by atoms with Gasteiger partial charge in [-0.3, -0.25) is 0 Å². The molecule has 2 aromatic rings. The third-order valence-electron chi connectivity index (χ3n) is 3.03. The Kier molecular flexibility index (Phi) is 5.05. The molecule has 0 aliphatic carbocycles. The smallest absolute Gasteiger partial charge is 0.170 e. The first-order valence-electron chi connectivity index (χ1n) is 6.28. The third-order valence-corrected chi connectivity index (χ3v) is 3.77. The zero-order valence-electron chi connectivity index (χ0n) is 11.5. The molecule has 2 aromatic carbocycles. The van der Waals surface area contributed by atoms with Gasteiger partial charge in [-0.15, -0.1) is 11.8 Å². The summed E-state index contributed by atoms with van der Waals surface area (Å²) in [5, 5.41) is 14.6. The number of nitrogens with two attached hydrogens (primary N) is 1. The third kappa shape index (κ3) is 3.88. The topological polar surface area (TPSA) is 70.6 Å². The molecule has 0 radical (unpaired) electrons. The molecule has 0 unspecified atom stereocenters. The van der Waals surface area contributed by atoms with Gasteiger partial charge in [0.25, 0.3) is 0 Å². The molecule has 4 nitrogen and oxygen atoms in total. The molecule has 0 fully saturated rings. The number of thioether (sulfide) groups is 1. The molecular weight excluding hydrogens is 289 g/mol. The van der Waals surface area contributed by atoms with Gasteiger partial charge in [0.15, 0.2) is 5.84 Å². The van der Waals surface area contributed by atoms with E-state index in [4.69, 9.17) is 10.9 Å². The number of nitrogens with one attached hydrogen (secondary N) is 1. The van der Waals surface area contributed by atoms with Crippen LogP contribution < -0.4 is 11.1 Å². The second kappa shape index (κ2) is 6.99. The Balaban J connectivity index is 2.05. The maximum absolute atomic E-state index is 13.9. The van der Waals surface area contributed by atoms with E-state index >= 15 is 0 Å². The monoisotopic (exact) mass is 305 g/mol. The number of nitrogens with zero attached hydrogens (tertiary/aromatic N) is 1. The van der Waals surface area contributed by atoms with Gasteiger partial charge in [0, 0.05) is 28.3 Å². The summed E-state index contributed by atoms with van der Waals surface area (Å²) >= 11 is 1.67. The van der Waals surface area contributed by atoms with Gasteiger partial charge >= 0.3 is 0 Å². The molecule has 110 valence electrons. The van der Waals surface area contributed by atoms with Crippen LogP contribution in [0.1, 0.15) is 11.1 Å². The highest BCUT2D eigenvalue weighted by molar-refractivity contribution is 7.98. The molecular formula is C15H16FN3OS. The maximum Gasteiger partial charge on any atom is 0.170 e. The fourth-order valence-electron chi connectivity index (χ4n) is 1.81. The number of amidine groups is 1. The van der Waals surface area contributed by atoms with Gasteiger partial charge < -0.3 is 16.3 Å². The minimum atomic E-state index is -0.396. The normalized spacial score (nSPS) is 11.4. The number of hydrogen-bond donors (Lipinski definition) is 3. The lowest BCUT2D eigenvalue weighted by Gasteiger charge is -2.09. The summed E-state index contributed by atoms with van der Waals surface area (Å²) in [4.78, 5) is 1.18. The van der Waals surface area contributed by atoms with E-state index in [-0.39, 0.29) is 5.84 Å². The first-order chi connectivity index (χ1) is 10.1. The van der Waals surface area contributed by atoms with Crippen molar-refractivity contribution in [3.63, 3.8) is 0 Å². The van der Waals surface area contributed by atoms with Gasteiger partial charge in [-0.25, -0.2) is 4.39 Å². The Morgan fingerprint density at radius 3 is 2.57 bits per heavy atom. The van der Waals surface area contributed by atoms with E-state index < -0.39 is 5.82 Å². The van der Waals surface area contributed by atoms with E-state index in [1.807, 2.05) is 30.5 Å². The predicted octanol–water partition coefficient (Wildman–Crippen LogP) is 3.25. The van der Waals surface area contributed by atoms with Crippen LogP contribution in [-0.2, 0) is 6.54 Å². The quantitative estimate of drug-likeness (QED) is 0.261. The van der Waals surface area contributed by atoms with Crippen LogP contribution in [0.5, 0.6) is 0 Å². The Labute approximate surface area is 126 Å². The van der Waals surface area contributed by atoms with Gasteiger partial charge in [0.05, 0.1) is 0 Å². The average molecular weight is 305 g/mol. The van der Waals surface area contributed by atoms with E-state index in [1.54, 1.807) is 23.9 Å². The molecule has 21 heavy (non-hydrogen) atoms. The van der Waals surface area contributed by atoms with Crippen molar-refractivity contribution in [2.45, 2.75) is 11.4 Å². The summed E-state index contributed by atoms with van der Waals surface area (Å²) in [6.45, 7) is 0.362. The summed E-state index contributed by atoms with van der Waals surface area (Å²) in [5.74, 6) is -0.506. The van der Waals surface area contributed by atoms with E-state index in [9.17, 15) is 4.39 Å². The lowest BCUT2D eigenvalue weighted by atomic mass is 10.1. The molecule has 0 amide bonds. The molecule has 0 aliphatic heterocycles. The minimum absolute atomic E-state index is 0.110. The van der Waals surface area contributed by atoms with Gasteiger partial charge in [-0.2, -0.15) is 0 Å². The number of hydrogen-bond acceptors (Lipinski definition) is 4. The second-order valence-electron chi connectivity index (χ2n) is 4.37. The summed E-state index contributed by atoms with van der Waals surface area (Å²) in [7, 11) is 0. The highest BCUT2D eigenvalue weighted by Crippen LogP contribution is 2.18. The van der Waals surface area contributed by atoms with Crippen LogP contribution in [0.15, 0.2) is 52.5 Å². The Morgan fingerprint density at radius 2 is 2.00 bits per heavy atom. The number of halogens is 1. The number of oxime groups is 1. The highest BCUT2D eigenvalue weighted by Gasteiger charge is 2.06. The van der Waals surface area contributed by atoms with Crippen LogP contribution in [0.2, 0.25) is 0 Å². The molecule has 0 spiro atoms. The molecule has 0 heterocycles. The van der Waals surface area contributed by atoms with Gasteiger partial charge in [-0.05, 0) is 36.6 Å². The first-order valence-corrected chi connectivity index (χ1v) is 7.50. The Hall–Kier alpha value is -2.21. The summed E-state index contributed by atoms with van der Waals surface area (Å²) in [6.07, 6.45) is 2.01. The van der Waals surface area contributed by atoms with Crippen molar-refractivity contribution in [1.29, 1.82) is 0 Å². The standard InChI is InChI=1S/C15H16FN3OS/c1-21-13-6-4-12(5-7-13)18-9-11-3-2-10(8-14(11)16)15(17)19-20/h2-8,18,20H,9H2,1H3,(H2,17,19). The average Bonchev–Trinajstić information content (AvgIpc) is 2.53. The summed E-state index contributed by atoms with van der Waals surface area (Å²) in [5.41, 5.74) is 7.21. The molecule has 0 saturated carbocycles. The maximum atomic E-state index is 13.9. The van der Waals surface area contributed by atoms with Gasteiger partial charge in [-0.1, -0.05) is 17.3 Å². The lowest BCUT2D eigenvalue weighted by molar-refractivity contribution is 0.318. The van der Waals surface area contributed by atoms with Crippen molar-refractivity contribution in [2.75, 3.05) is 11.6 Å². The largest absolute Gasteiger partial charge is 0.409 e. The van der Waals surface area contributed by atoms with E-state index in [0.717, 1.165) is 5.69 Å². The molecule has 0 atom stereocenters. The van der Waals surface area contributed by atoms with Crippen LogP contribution in [0.3, 0.4) is 0 Å². The van der Waals surface area contributed by atoms with Crippen molar-refractivity contribution in [2.24, 2.45) is 10.9 Å². The SMILES string of the molecule is CSc1ccc(NCc2ccc(C(N)=NO)cc2F)cc1. The lowest BCUT2D eigenvalue weighted by Crippen LogP contribution is -2.14. The fraction of sp³-hybridized carbons (Fsp3) is 0.133. The molecule has 0 saturated heterocycles. The molecule has 0 aliphatic rings. The van der Waals surface area contributed by atoms with E-state index in [2.05, 4.69) is 10.5 Å². The van der Waals surface area contributed by atoms with Crippen LogP contribution in [0.4, 0.5) is 10.1 Å². The summed E-state index contributed by atoms with van der Waals surface area (Å²) < 4.78 is 13.9. The first kappa shape index (κ1) is 15.2. The van der Waals surface area contributed by atoms with E-state index in [1.165, 1.54) is 11.0 Å². The van der Waals surface area contributed by atoms with Crippen molar-refractivity contribution >= 4 is 23.3 Å². The second-order valence-corrected chi connectivity index (χ2v) is 5.25. The van der Waals surface area contributed by atoms with Crippen molar-refractivity contribution < 1.29 is 9.60 Å². The molecule has 4 N–H and O–H groups in total. The Morgan fingerprint density at radius 1 is 1.29 bits per heavy atom. The minimum Gasteiger partial charge on any atom is -0.409 e. The molecule has 2 rings (SSSR count). The van der Waals surface area contributed by atoms with Crippen molar-refractivity contribution in [1.82, 2.24) is 0 Å².